The molecule has 17 heteroatoms. The molecule has 2 atom stereocenters. The third kappa shape index (κ3) is 14.4. The topological polar surface area (TPSA) is 163 Å². The smallest absolute Gasteiger partial charge is 0.316 e. The Labute approximate surface area is 478 Å². The standard InChI is InChI=1S/C62H73Cl3N4O10/c1-3-44-32-42(8-22-54(44)77-30-28-68-56(71)24-25-57(68)72)37-67(53-21-19-51-50(53)18-20-52(64)60(51)65)35-41-6-12-47(13-7-41)62(76)79-61(75)46-10-4-40(5-11-46)34-66(39(2)45-14-16-49(63)17-15-45)36-43-9-23-55(48(33-43)38-70)78-31-29-69-58(73)26-27-59(69)74/h8-9,14-18,20,22-23,32-33,39-41,46-47,53,70H,3-7,10-13,19,21,24-31,34-38H2,1-2H3/t39-,40?,41?,46?,47?,53-/m0/s1. The molecule has 79 heavy (non-hydrogen) atoms. The van der Waals surface area contributed by atoms with Crippen LogP contribution in [0.1, 0.15) is 148 Å². The third-order valence-electron chi connectivity index (χ3n) is 17.2. The first-order valence-electron chi connectivity index (χ1n) is 28.4. The zero-order chi connectivity index (χ0) is 55.7. The minimum Gasteiger partial charge on any atom is -0.491 e. The second-order valence-electron chi connectivity index (χ2n) is 22.2. The minimum absolute atomic E-state index is 0.0200. The number of hydrogen-bond donors (Lipinski definition) is 1. The number of carbonyl (C=O) groups is 6. The van der Waals surface area contributed by atoms with Gasteiger partial charge in [-0.25, -0.2) is 0 Å². The lowest BCUT2D eigenvalue weighted by atomic mass is 9.80. The molecule has 422 valence electrons. The lowest BCUT2D eigenvalue weighted by Gasteiger charge is -2.36. The van der Waals surface area contributed by atoms with Gasteiger partial charge in [-0.15, -0.1) is 0 Å². The van der Waals surface area contributed by atoms with Crippen LogP contribution in [0.15, 0.2) is 72.8 Å². The summed E-state index contributed by atoms with van der Waals surface area (Å²) in [5.74, 6) is -0.305. The molecule has 14 nitrogen and oxygen atoms in total. The van der Waals surface area contributed by atoms with E-state index in [1.807, 2.05) is 54.6 Å². The van der Waals surface area contributed by atoms with Gasteiger partial charge in [0.05, 0.1) is 41.6 Å². The predicted octanol–water partition coefficient (Wildman–Crippen LogP) is 11.2. The molecule has 2 saturated carbocycles. The monoisotopic (exact) mass is 1140 g/mol. The lowest BCUT2D eigenvalue weighted by Crippen LogP contribution is -2.36. The molecule has 5 aliphatic rings. The summed E-state index contributed by atoms with van der Waals surface area (Å²) in [5.41, 5.74) is 7.22. The van der Waals surface area contributed by atoms with Crippen molar-refractivity contribution in [1.82, 2.24) is 19.6 Å². The first-order chi connectivity index (χ1) is 38.2. The van der Waals surface area contributed by atoms with Crippen molar-refractivity contribution in [3.8, 4) is 11.5 Å². The van der Waals surface area contributed by atoms with Crippen LogP contribution in [0.5, 0.6) is 11.5 Å². The number of esters is 2. The highest BCUT2D eigenvalue weighted by Gasteiger charge is 2.37. The van der Waals surface area contributed by atoms with Gasteiger partial charge in [-0.05, 0) is 159 Å². The fourth-order valence-corrected chi connectivity index (χ4v) is 13.1. The predicted molar refractivity (Wildman–Crippen MR) is 301 cm³/mol. The van der Waals surface area contributed by atoms with Crippen LogP contribution >= 0.6 is 34.8 Å². The first-order valence-corrected chi connectivity index (χ1v) is 29.5. The van der Waals surface area contributed by atoms with Crippen LogP contribution in [0.4, 0.5) is 0 Å². The van der Waals surface area contributed by atoms with Crippen molar-refractivity contribution in [3.05, 3.63) is 127 Å². The molecule has 2 saturated heterocycles. The van der Waals surface area contributed by atoms with Gasteiger partial charge in [-0.1, -0.05) is 78.1 Å². The fraction of sp³-hybridized carbons (Fsp3) is 0.516. The van der Waals surface area contributed by atoms with Gasteiger partial charge in [0.25, 0.3) is 0 Å². The summed E-state index contributed by atoms with van der Waals surface area (Å²) in [5, 5.41) is 12.2. The Hall–Kier alpha value is -5.35. The van der Waals surface area contributed by atoms with Crippen LogP contribution in [0.25, 0.3) is 0 Å². The fourth-order valence-electron chi connectivity index (χ4n) is 12.5. The zero-order valence-corrected chi connectivity index (χ0v) is 47.7. The number of amides is 4. The Kier molecular flexibility index (Phi) is 19.9. The molecule has 3 aliphatic carbocycles. The summed E-state index contributed by atoms with van der Waals surface area (Å²) >= 11 is 19.5. The van der Waals surface area contributed by atoms with Crippen LogP contribution in [-0.4, -0.2) is 99.7 Å². The molecule has 0 spiro atoms. The van der Waals surface area contributed by atoms with E-state index in [1.54, 1.807) is 0 Å². The van der Waals surface area contributed by atoms with Crippen LogP contribution in [0.2, 0.25) is 15.1 Å². The van der Waals surface area contributed by atoms with E-state index in [1.165, 1.54) is 15.4 Å². The largest absolute Gasteiger partial charge is 0.491 e. The van der Waals surface area contributed by atoms with Gasteiger partial charge >= 0.3 is 11.9 Å². The average Bonchev–Trinajstić information content (AvgIpc) is 4.23. The van der Waals surface area contributed by atoms with Gasteiger partial charge in [0.15, 0.2) is 0 Å². The number of aryl methyl sites for hydroxylation is 1. The van der Waals surface area contributed by atoms with E-state index in [4.69, 9.17) is 49.0 Å². The first kappa shape index (κ1) is 58.3. The summed E-state index contributed by atoms with van der Waals surface area (Å²) in [6, 6.07) is 24.0. The highest BCUT2D eigenvalue weighted by Crippen LogP contribution is 2.44. The van der Waals surface area contributed by atoms with E-state index in [0.717, 1.165) is 91.6 Å². The number of rotatable bonds is 23. The Bertz CT molecular complexity index is 2830. The summed E-state index contributed by atoms with van der Waals surface area (Å²) in [7, 11) is 0. The molecule has 4 aromatic carbocycles. The Balaban J connectivity index is 0.775. The molecule has 4 fully saturated rings. The number of hydrogen-bond acceptors (Lipinski definition) is 12. The molecule has 9 rings (SSSR count). The highest BCUT2D eigenvalue weighted by atomic mass is 35.5. The highest BCUT2D eigenvalue weighted by molar-refractivity contribution is 6.42. The molecule has 0 aromatic heterocycles. The Morgan fingerprint density at radius 1 is 0.633 bits per heavy atom. The molecular weight excluding hydrogens is 1070 g/mol. The van der Waals surface area contributed by atoms with Gasteiger partial charge in [-0.2, -0.15) is 0 Å². The number of benzene rings is 4. The maximum atomic E-state index is 13.7. The summed E-state index contributed by atoms with van der Waals surface area (Å²) in [4.78, 5) is 83.3. The number of fused-ring (bicyclic) bond motifs is 1. The third-order valence-corrected chi connectivity index (χ3v) is 18.3. The molecular formula is C62H73Cl3N4O10. The van der Waals surface area contributed by atoms with Crippen LogP contribution in [0.3, 0.4) is 0 Å². The summed E-state index contributed by atoms with van der Waals surface area (Å²) < 4.78 is 17.8. The second kappa shape index (κ2) is 26.9. The van der Waals surface area contributed by atoms with Crippen molar-refractivity contribution in [2.75, 3.05) is 39.4 Å². The van der Waals surface area contributed by atoms with E-state index in [-0.39, 0.29) is 106 Å². The SMILES string of the molecule is CCc1cc(CN(CC2CCC(C(=O)OC(=O)C3CCC(CN(Cc4ccc(OCCN5C(=O)CCC5=O)c(CO)c4)[C@@H](C)c4ccc(Cl)cc4)CC3)CC2)[C@H]2CCc3c2ccc(Cl)c3Cl)ccc1OCCN1C(=O)CCC1=O. The van der Waals surface area contributed by atoms with E-state index >= 15 is 0 Å². The van der Waals surface area contributed by atoms with E-state index in [0.29, 0.717) is 77.0 Å². The van der Waals surface area contributed by atoms with Gasteiger partial charge in [0.2, 0.25) is 23.6 Å². The maximum absolute atomic E-state index is 13.7. The molecule has 0 radical (unpaired) electrons. The van der Waals surface area contributed by atoms with Gasteiger partial charge in [0, 0.05) is 74.5 Å². The maximum Gasteiger partial charge on any atom is 0.316 e. The molecule has 4 aromatic rings. The molecule has 2 aliphatic heterocycles. The van der Waals surface area contributed by atoms with E-state index < -0.39 is 11.9 Å². The number of nitrogens with zero attached hydrogens (tertiary/aromatic N) is 4. The van der Waals surface area contributed by atoms with Crippen LogP contribution in [-0.2, 0) is 66.0 Å². The van der Waals surface area contributed by atoms with Crippen molar-refractivity contribution in [3.63, 3.8) is 0 Å². The number of aliphatic hydroxyl groups excluding tert-OH is 1. The van der Waals surface area contributed by atoms with E-state index in [9.17, 15) is 33.9 Å². The minimum atomic E-state index is -0.418. The number of aliphatic hydroxyl groups is 1. The quantitative estimate of drug-likeness (QED) is 0.0425. The average molecular weight is 1140 g/mol. The number of imide groups is 2. The molecule has 4 amide bonds. The van der Waals surface area contributed by atoms with Crippen molar-refractivity contribution in [2.45, 2.75) is 142 Å². The van der Waals surface area contributed by atoms with Crippen molar-refractivity contribution >= 4 is 70.4 Å². The summed E-state index contributed by atoms with van der Waals surface area (Å²) in [6.45, 7) is 7.66. The normalized spacial score (nSPS) is 21.8. The molecule has 0 unspecified atom stereocenters. The molecule has 2 heterocycles. The van der Waals surface area contributed by atoms with Crippen LogP contribution < -0.4 is 9.47 Å². The zero-order valence-electron chi connectivity index (χ0n) is 45.4. The van der Waals surface area contributed by atoms with E-state index in [2.05, 4.69) is 41.8 Å². The number of carbonyl (C=O) groups excluding carboxylic acids is 6. The molecule has 1 N–H and O–H groups in total. The Morgan fingerprint density at radius 3 is 1.70 bits per heavy atom. The number of ether oxygens (including phenoxy) is 3. The van der Waals surface area contributed by atoms with Gasteiger partial charge in [-0.3, -0.25) is 48.4 Å². The van der Waals surface area contributed by atoms with Crippen molar-refractivity contribution in [1.29, 1.82) is 0 Å². The van der Waals surface area contributed by atoms with Crippen molar-refractivity contribution in [2.24, 2.45) is 23.7 Å². The molecule has 0 bridgehead atoms. The summed E-state index contributed by atoms with van der Waals surface area (Å²) in [6.07, 6.45) is 9.33. The van der Waals surface area contributed by atoms with Gasteiger partial charge < -0.3 is 19.3 Å². The second-order valence-corrected chi connectivity index (χ2v) is 23.4. The number of likely N-dealkylation sites (tertiary alicyclic amines) is 2. The van der Waals surface area contributed by atoms with Crippen molar-refractivity contribution < 1.29 is 48.1 Å². The Morgan fingerprint density at radius 2 is 1.15 bits per heavy atom. The lowest BCUT2D eigenvalue weighted by molar-refractivity contribution is -0.167. The van der Waals surface area contributed by atoms with Crippen LogP contribution in [0, 0.1) is 23.7 Å². The van der Waals surface area contributed by atoms with Gasteiger partial charge in [0.1, 0.15) is 24.7 Å². The number of halogens is 3.